The third-order valence-electron chi connectivity index (χ3n) is 8.28. The summed E-state index contributed by atoms with van der Waals surface area (Å²) in [5.74, 6) is -1.08. The van der Waals surface area contributed by atoms with Gasteiger partial charge in [-0.25, -0.2) is 9.78 Å². The van der Waals surface area contributed by atoms with E-state index in [0.717, 1.165) is 30.2 Å². The zero-order valence-corrected chi connectivity index (χ0v) is 25.3. The molecule has 0 N–H and O–H groups in total. The molecule has 2 aliphatic rings. The number of ketones is 1. The van der Waals surface area contributed by atoms with E-state index in [4.69, 9.17) is 14.5 Å². The number of anilines is 1. The molecule has 2 amide bonds. The lowest BCUT2D eigenvalue weighted by Gasteiger charge is -2.19. The van der Waals surface area contributed by atoms with Crippen molar-refractivity contribution in [3.05, 3.63) is 88.4 Å². The molecule has 2 heterocycles. The second-order valence-electron chi connectivity index (χ2n) is 10.9. The van der Waals surface area contributed by atoms with Crippen molar-refractivity contribution in [2.45, 2.75) is 38.7 Å². The Morgan fingerprint density at radius 3 is 2.19 bits per heavy atom. The number of hydrogen-bond donors (Lipinski definition) is 0. The highest BCUT2D eigenvalue weighted by Crippen LogP contribution is 2.40. The van der Waals surface area contributed by atoms with Gasteiger partial charge in [-0.15, -0.1) is 0 Å². The SMILES string of the molecule is COc1ccc(C(=O)C(C)OC(=O)c2cc(-c3ccc(N4C(=O)C5CCCCC5C4=O)cc3)nc3ccc(Br)cc23)cc1. The summed E-state index contributed by atoms with van der Waals surface area (Å²) in [6.45, 7) is 1.54. The number of nitrogens with zero attached hydrogens (tertiary/aromatic N) is 2. The molecule has 2 fully saturated rings. The summed E-state index contributed by atoms with van der Waals surface area (Å²) in [6.07, 6.45) is 2.42. The van der Waals surface area contributed by atoms with Gasteiger partial charge in [0, 0.05) is 21.0 Å². The molecule has 1 aliphatic heterocycles. The van der Waals surface area contributed by atoms with Crippen LogP contribution in [0.25, 0.3) is 22.2 Å². The summed E-state index contributed by atoms with van der Waals surface area (Å²) in [5.41, 5.74) is 2.96. The first-order valence-corrected chi connectivity index (χ1v) is 15.0. The molecule has 3 atom stereocenters. The number of aromatic nitrogens is 1. The maximum Gasteiger partial charge on any atom is 0.339 e. The van der Waals surface area contributed by atoms with E-state index in [1.165, 1.54) is 4.90 Å². The van der Waals surface area contributed by atoms with E-state index in [1.54, 1.807) is 80.8 Å². The molecule has 0 spiro atoms. The number of esters is 1. The monoisotopic (exact) mass is 640 g/mol. The Balaban J connectivity index is 1.28. The minimum atomic E-state index is -1.03. The van der Waals surface area contributed by atoms with Crippen LogP contribution >= 0.6 is 15.9 Å². The molecule has 6 rings (SSSR count). The number of ether oxygens (including phenoxy) is 2. The zero-order chi connectivity index (χ0) is 30.2. The van der Waals surface area contributed by atoms with Crippen LogP contribution < -0.4 is 9.64 Å². The van der Waals surface area contributed by atoms with Gasteiger partial charge in [0.1, 0.15) is 5.75 Å². The van der Waals surface area contributed by atoms with E-state index in [9.17, 15) is 19.2 Å². The van der Waals surface area contributed by atoms with E-state index in [1.807, 2.05) is 6.07 Å². The van der Waals surface area contributed by atoms with Crippen LogP contribution in [0.5, 0.6) is 5.75 Å². The fourth-order valence-electron chi connectivity index (χ4n) is 5.98. The molecule has 0 radical (unpaired) electrons. The molecule has 1 saturated heterocycles. The summed E-state index contributed by atoms with van der Waals surface area (Å²) in [6, 6.07) is 20.7. The highest BCUT2D eigenvalue weighted by atomic mass is 79.9. The maximum absolute atomic E-state index is 13.5. The van der Waals surface area contributed by atoms with E-state index in [-0.39, 0.29) is 35.0 Å². The van der Waals surface area contributed by atoms with Crippen LogP contribution in [0.3, 0.4) is 0 Å². The van der Waals surface area contributed by atoms with Crippen LogP contribution in [0.15, 0.2) is 77.3 Å². The van der Waals surface area contributed by atoms with Crippen molar-refractivity contribution in [2.24, 2.45) is 11.8 Å². The Morgan fingerprint density at radius 1 is 0.907 bits per heavy atom. The highest BCUT2D eigenvalue weighted by molar-refractivity contribution is 9.10. The van der Waals surface area contributed by atoms with Gasteiger partial charge < -0.3 is 9.47 Å². The predicted molar refractivity (Wildman–Crippen MR) is 165 cm³/mol. The molecule has 4 aromatic rings. The van der Waals surface area contributed by atoms with Crippen LogP contribution in [0, 0.1) is 11.8 Å². The molecular weight excluding hydrogens is 612 g/mol. The molecule has 8 nitrogen and oxygen atoms in total. The quantitative estimate of drug-likeness (QED) is 0.125. The minimum absolute atomic E-state index is 0.125. The van der Waals surface area contributed by atoms with Gasteiger partial charge in [0.2, 0.25) is 17.6 Å². The summed E-state index contributed by atoms with van der Waals surface area (Å²) in [4.78, 5) is 58.7. The number of pyridine rings is 1. The third kappa shape index (κ3) is 5.45. The number of halogens is 1. The number of methoxy groups -OCH3 is 1. The zero-order valence-electron chi connectivity index (χ0n) is 23.7. The lowest BCUT2D eigenvalue weighted by molar-refractivity contribution is -0.122. The number of imide groups is 1. The largest absolute Gasteiger partial charge is 0.497 e. The highest BCUT2D eigenvalue weighted by Gasteiger charge is 2.48. The summed E-state index contributed by atoms with van der Waals surface area (Å²) >= 11 is 3.46. The molecule has 0 bridgehead atoms. The van der Waals surface area contributed by atoms with E-state index in [0.29, 0.717) is 39.2 Å². The summed E-state index contributed by atoms with van der Waals surface area (Å²) < 4.78 is 11.6. The predicted octanol–water partition coefficient (Wildman–Crippen LogP) is 6.78. The van der Waals surface area contributed by atoms with Crippen LogP contribution in [0.2, 0.25) is 0 Å². The molecule has 9 heteroatoms. The van der Waals surface area contributed by atoms with Gasteiger partial charge in [-0.2, -0.15) is 0 Å². The number of fused-ring (bicyclic) bond motifs is 2. The van der Waals surface area contributed by atoms with Crippen molar-refractivity contribution in [1.82, 2.24) is 4.98 Å². The lowest BCUT2D eigenvalue weighted by Crippen LogP contribution is -2.30. The topological polar surface area (TPSA) is 103 Å². The second-order valence-corrected chi connectivity index (χ2v) is 11.8. The van der Waals surface area contributed by atoms with E-state index >= 15 is 0 Å². The van der Waals surface area contributed by atoms with Crippen molar-refractivity contribution < 1.29 is 28.7 Å². The van der Waals surface area contributed by atoms with Crippen molar-refractivity contribution in [3.8, 4) is 17.0 Å². The molecule has 1 aliphatic carbocycles. The molecule has 43 heavy (non-hydrogen) atoms. The number of carbonyl (C=O) groups excluding carboxylic acids is 4. The first-order valence-electron chi connectivity index (χ1n) is 14.2. The van der Waals surface area contributed by atoms with Gasteiger partial charge >= 0.3 is 5.97 Å². The van der Waals surface area contributed by atoms with E-state index < -0.39 is 12.1 Å². The Labute approximate surface area is 257 Å². The standard InChI is InChI=1S/C34H29BrN2O6/c1-19(31(38)21-9-14-24(42-2)15-10-21)43-34(41)28-18-30(36-29-16-11-22(35)17-27(28)29)20-7-12-23(13-8-20)37-32(39)25-5-3-4-6-26(25)33(37)40/h7-19,25-26H,3-6H2,1-2H3. The van der Waals surface area contributed by atoms with Crippen molar-refractivity contribution in [1.29, 1.82) is 0 Å². The smallest absolute Gasteiger partial charge is 0.339 e. The van der Waals surface area contributed by atoms with Gasteiger partial charge in [-0.3, -0.25) is 19.3 Å². The second kappa shape index (κ2) is 11.7. The number of carbonyl (C=O) groups is 4. The van der Waals surface area contributed by atoms with Gasteiger partial charge in [0.15, 0.2) is 6.10 Å². The van der Waals surface area contributed by atoms with Gasteiger partial charge in [-0.1, -0.05) is 40.9 Å². The number of Topliss-reactive ketones (excluding diaryl/α,β-unsaturated/α-hetero) is 1. The molecule has 3 aromatic carbocycles. The van der Waals surface area contributed by atoms with Crippen molar-refractivity contribution in [3.63, 3.8) is 0 Å². The van der Waals surface area contributed by atoms with Gasteiger partial charge in [0.25, 0.3) is 0 Å². The fraction of sp³-hybridized carbons (Fsp3) is 0.265. The molecule has 1 saturated carbocycles. The number of rotatable bonds is 7. The average molecular weight is 642 g/mol. The first kappa shape index (κ1) is 28.7. The van der Waals surface area contributed by atoms with Gasteiger partial charge in [0.05, 0.1) is 41.4 Å². The van der Waals surface area contributed by atoms with Gasteiger partial charge in [-0.05, 0) is 80.4 Å². The Hall–Kier alpha value is -4.37. The molecule has 3 unspecified atom stereocenters. The van der Waals surface area contributed by atoms with Crippen molar-refractivity contribution in [2.75, 3.05) is 12.0 Å². The first-order chi connectivity index (χ1) is 20.7. The number of benzene rings is 3. The number of amides is 2. The molecular formula is C34H29BrN2O6. The molecule has 1 aromatic heterocycles. The lowest BCUT2D eigenvalue weighted by atomic mass is 9.81. The van der Waals surface area contributed by atoms with Crippen LogP contribution in [-0.4, -0.2) is 41.8 Å². The van der Waals surface area contributed by atoms with Crippen molar-refractivity contribution >= 4 is 56.1 Å². The maximum atomic E-state index is 13.5. The average Bonchev–Trinajstić information content (AvgIpc) is 3.29. The van der Waals surface area contributed by atoms with E-state index in [2.05, 4.69) is 15.9 Å². The molecule has 218 valence electrons. The Kier molecular flexibility index (Phi) is 7.83. The Morgan fingerprint density at radius 2 is 1.56 bits per heavy atom. The summed E-state index contributed by atoms with van der Waals surface area (Å²) in [5, 5.41) is 0.569. The third-order valence-corrected chi connectivity index (χ3v) is 8.77. The van der Waals surface area contributed by atoms with Crippen LogP contribution in [-0.2, 0) is 14.3 Å². The summed E-state index contributed by atoms with van der Waals surface area (Å²) in [7, 11) is 1.54. The van der Waals surface area contributed by atoms with Crippen LogP contribution in [0.1, 0.15) is 53.3 Å². The fourth-order valence-corrected chi connectivity index (χ4v) is 6.34. The normalized spacial score (nSPS) is 18.8. The Bertz CT molecular complexity index is 1730. The minimum Gasteiger partial charge on any atom is -0.497 e. The number of hydrogen-bond acceptors (Lipinski definition) is 7. The van der Waals surface area contributed by atoms with Crippen LogP contribution in [0.4, 0.5) is 5.69 Å².